The third-order valence-corrected chi connectivity index (χ3v) is 8.59. The third kappa shape index (κ3) is 4.99. The summed E-state index contributed by atoms with van der Waals surface area (Å²) in [5.41, 5.74) is 8.99. The smallest absolute Gasteiger partial charge is 0.241 e. The van der Waals surface area contributed by atoms with Gasteiger partial charge in [0, 0.05) is 27.9 Å². The van der Waals surface area contributed by atoms with Crippen LogP contribution >= 0.6 is 34.8 Å². The molecule has 0 amide bonds. The predicted octanol–water partition coefficient (Wildman–Crippen LogP) is 6.17. The van der Waals surface area contributed by atoms with Gasteiger partial charge in [0.05, 0.1) is 39.3 Å². The molecule has 2 aliphatic rings. The van der Waals surface area contributed by atoms with Crippen LogP contribution < -0.4 is 10.5 Å². The van der Waals surface area contributed by atoms with Crippen molar-refractivity contribution in [3.05, 3.63) is 94.1 Å². The number of hydrogen-bond acceptors (Lipinski definition) is 5. The Labute approximate surface area is 225 Å². The summed E-state index contributed by atoms with van der Waals surface area (Å²) in [6.07, 6.45) is 4.89. The Kier molecular flexibility index (Phi) is 7.03. The topological polar surface area (TPSA) is 87.8 Å². The maximum atomic E-state index is 13.3. The van der Waals surface area contributed by atoms with Crippen LogP contribution in [0.5, 0.6) is 0 Å². The lowest BCUT2D eigenvalue weighted by Gasteiger charge is -2.28. The van der Waals surface area contributed by atoms with Gasteiger partial charge in [-0.15, -0.1) is 11.6 Å². The van der Waals surface area contributed by atoms with Crippen LogP contribution in [0.25, 0.3) is 10.8 Å². The lowest BCUT2D eigenvalue weighted by Crippen LogP contribution is -2.29. The number of hydrazone groups is 1. The van der Waals surface area contributed by atoms with E-state index in [4.69, 9.17) is 45.6 Å². The Morgan fingerprint density at radius 3 is 2.50 bits per heavy atom. The van der Waals surface area contributed by atoms with Gasteiger partial charge in [-0.2, -0.15) is 5.10 Å². The van der Waals surface area contributed by atoms with Crippen molar-refractivity contribution < 1.29 is 8.42 Å². The van der Waals surface area contributed by atoms with Crippen LogP contribution in [0.4, 0.5) is 5.69 Å². The number of anilines is 1. The standard InChI is InChI=1S/C26H23Cl3N4O2S/c27-17-9-7-16(8-10-17)25-14-19(32-33(25)24-12-11-18(28)13-22(24)29)15-31-36(34,35)26-6-2-3-20-21(26)4-1-5-23(20)30/h1-10,12-13,18,25,31H,11,14-15,30H2. The summed E-state index contributed by atoms with van der Waals surface area (Å²) in [7, 11) is -3.83. The molecule has 0 aromatic heterocycles. The molecule has 0 bridgehead atoms. The Balaban J connectivity index is 1.43. The largest absolute Gasteiger partial charge is 0.398 e. The number of alkyl halides is 1. The van der Waals surface area contributed by atoms with Crippen molar-refractivity contribution in [3.63, 3.8) is 0 Å². The summed E-state index contributed by atoms with van der Waals surface area (Å²) in [6, 6.07) is 17.7. The van der Waals surface area contributed by atoms with Crippen LogP contribution in [0, 0.1) is 0 Å². The van der Waals surface area contributed by atoms with Gasteiger partial charge in [0.2, 0.25) is 10.0 Å². The Morgan fingerprint density at radius 2 is 1.75 bits per heavy atom. The molecule has 0 saturated carbocycles. The maximum absolute atomic E-state index is 13.3. The molecule has 10 heteroatoms. The van der Waals surface area contributed by atoms with Gasteiger partial charge in [-0.1, -0.05) is 65.7 Å². The van der Waals surface area contributed by atoms with Crippen LogP contribution in [0.3, 0.4) is 0 Å². The van der Waals surface area contributed by atoms with Crippen molar-refractivity contribution in [2.75, 3.05) is 12.3 Å². The molecule has 0 saturated heterocycles. The summed E-state index contributed by atoms with van der Waals surface area (Å²) in [5.74, 6) is 0. The van der Waals surface area contributed by atoms with Gasteiger partial charge in [0.15, 0.2) is 0 Å². The normalized spacial score (nSPS) is 20.3. The number of allylic oxidation sites excluding steroid dienone is 3. The van der Waals surface area contributed by atoms with Gasteiger partial charge in [0.1, 0.15) is 0 Å². The number of hydrogen-bond donors (Lipinski definition) is 2. The van der Waals surface area contributed by atoms with Crippen molar-refractivity contribution in [3.8, 4) is 0 Å². The number of fused-ring (bicyclic) bond motifs is 1. The van der Waals surface area contributed by atoms with Crippen LogP contribution in [0.2, 0.25) is 5.02 Å². The van der Waals surface area contributed by atoms with Gasteiger partial charge in [-0.05, 0) is 42.3 Å². The molecule has 186 valence electrons. The molecule has 0 radical (unpaired) electrons. The van der Waals surface area contributed by atoms with Crippen LogP contribution in [0.15, 0.2) is 93.5 Å². The van der Waals surface area contributed by atoms with Crippen molar-refractivity contribution in [1.82, 2.24) is 9.73 Å². The monoisotopic (exact) mass is 560 g/mol. The molecular formula is C26H23Cl3N4O2S. The second-order valence-corrected chi connectivity index (χ2v) is 11.8. The first-order valence-electron chi connectivity index (χ1n) is 11.3. The van der Waals surface area contributed by atoms with Crippen molar-refractivity contribution in [1.29, 1.82) is 0 Å². The van der Waals surface area contributed by atoms with Gasteiger partial charge in [0.25, 0.3) is 0 Å². The summed E-state index contributed by atoms with van der Waals surface area (Å²) in [6.45, 7) is 0.0500. The number of benzene rings is 3. The second kappa shape index (κ2) is 10.1. The zero-order valence-corrected chi connectivity index (χ0v) is 22.1. The first-order chi connectivity index (χ1) is 17.2. The molecule has 3 N–H and O–H groups in total. The number of sulfonamides is 1. The minimum atomic E-state index is -3.83. The summed E-state index contributed by atoms with van der Waals surface area (Å²) >= 11 is 18.9. The fourth-order valence-corrected chi connectivity index (χ4v) is 6.44. The molecule has 3 aromatic rings. The SMILES string of the molecule is Nc1cccc2c(S(=O)(=O)NCC3=NN(C4=CCC(Cl)C=C4Cl)C(c4ccc(Cl)cc4)C3)cccc12. The van der Waals surface area contributed by atoms with Crippen molar-refractivity contribution in [2.24, 2.45) is 5.10 Å². The van der Waals surface area contributed by atoms with Crippen LogP contribution in [-0.4, -0.2) is 31.1 Å². The number of nitrogens with one attached hydrogen (secondary N) is 1. The van der Waals surface area contributed by atoms with E-state index in [2.05, 4.69) is 4.72 Å². The molecule has 1 aliphatic carbocycles. The fourth-order valence-electron chi connectivity index (χ4n) is 4.48. The Hall–Kier alpha value is -2.55. The zero-order valence-electron chi connectivity index (χ0n) is 19.0. The van der Waals surface area contributed by atoms with E-state index in [1.54, 1.807) is 42.5 Å². The van der Waals surface area contributed by atoms with Gasteiger partial charge in [-0.3, -0.25) is 5.01 Å². The molecule has 6 nitrogen and oxygen atoms in total. The van der Waals surface area contributed by atoms with E-state index < -0.39 is 10.0 Å². The van der Waals surface area contributed by atoms with Crippen molar-refractivity contribution >= 4 is 67.0 Å². The first-order valence-corrected chi connectivity index (χ1v) is 14.0. The summed E-state index contributed by atoms with van der Waals surface area (Å²) < 4.78 is 29.3. The molecular weight excluding hydrogens is 539 g/mol. The molecule has 2 atom stereocenters. The summed E-state index contributed by atoms with van der Waals surface area (Å²) in [4.78, 5) is 0.172. The minimum Gasteiger partial charge on any atom is -0.398 e. The van der Waals surface area contributed by atoms with E-state index in [1.807, 2.05) is 35.4 Å². The van der Waals surface area contributed by atoms with Crippen LogP contribution in [0.1, 0.15) is 24.4 Å². The van der Waals surface area contributed by atoms with Crippen molar-refractivity contribution in [2.45, 2.75) is 29.2 Å². The third-order valence-electron chi connectivity index (χ3n) is 6.25. The van der Waals surface area contributed by atoms with E-state index in [9.17, 15) is 8.42 Å². The average molecular weight is 562 g/mol. The highest BCUT2D eigenvalue weighted by Gasteiger charge is 2.33. The molecule has 5 rings (SSSR count). The number of halogens is 3. The fraction of sp³-hybridized carbons (Fsp3) is 0.192. The molecule has 0 fully saturated rings. The van der Waals surface area contributed by atoms with Gasteiger partial charge < -0.3 is 5.73 Å². The number of nitrogen functional groups attached to an aromatic ring is 1. The quantitative estimate of drug-likeness (QED) is 0.278. The number of nitrogens with two attached hydrogens (primary N) is 1. The van der Waals surface area contributed by atoms with Gasteiger partial charge in [-0.25, -0.2) is 13.1 Å². The molecule has 0 spiro atoms. The highest BCUT2D eigenvalue weighted by Crippen LogP contribution is 2.39. The maximum Gasteiger partial charge on any atom is 0.241 e. The first kappa shape index (κ1) is 25.1. The number of rotatable bonds is 6. The Morgan fingerprint density at radius 1 is 1.03 bits per heavy atom. The summed E-state index contributed by atoms with van der Waals surface area (Å²) in [5, 5.41) is 8.84. The van der Waals surface area contributed by atoms with E-state index in [-0.39, 0.29) is 22.9 Å². The number of nitrogens with zero attached hydrogens (tertiary/aromatic N) is 2. The minimum absolute atomic E-state index is 0.0500. The molecule has 1 aliphatic heterocycles. The zero-order chi connectivity index (χ0) is 25.4. The van der Waals surface area contributed by atoms with Gasteiger partial charge >= 0.3 is 0 Å². The molecule has 1 heterocycles. The van der Waals surface area contributed by atoms with E-state index in [0.717, 1.165) is 11.3 Å². The molecule has 2 unspecified atom stereocenters. The highest BCUT2D eigenvalue weighted by atomic mass is 35.5. The Bertz CT molecular complexity index is 1520. The van der Waals surface area contributed by atoms with E-state index >= 15 is 0 Å². The second-order valence-electron chi connectivity index (χ2n) is 8.66. The molecule has 36 heavy (non-hydrogen) atoms. The highest BCUT2D eigenvalue weighted by molar-refractivity contribution is 7.89. The predicted molar refractivity (Wildman–Crippen MR) is 148 cm³/mol. The molecule has 3 aromatic carbocycles. The lowest BCUT2D eigenvalue weighted by molar-refractivity contribution is 0.305. The van der Waals surface area contributed by atoms with E-state index in [0.29, 0.717) is 45.1 Å². The van der Waals surface area contributed by atoms with E-state index in [1.165, 1.54) is 0 Å². The average Bonchev–Trinajstić information content (AvgIpc) is 3.27. The lowest BCUT2D eigenvalue weighted by atomic mass is 10.0. The van der Waals surface area contributed by atoms with Crippen LogP contribution in [-0.2, 0) is 10.0 Å².